The van der Waals surface area contributed by atoms with Crippen molar-refractivity contribution in [2.75, 3.05) is 24.5 Å². The Balaban J connectivity index is 1.83. The molecule has 2 atom stereocenters. The average Bonchev–Trinajstić information content (AvgIpc) is 2.73. The Hall–Kier alpha value is -2.26. The largest absolute Gasteiger partial charge is 0.421 e. The van der Waals surface area contributed by atoms with E-state index in [2.05, 4.69) is 0 Å². The molecular formula is C21H22F3N3O3S2. The number of allylic oxidation sites excluding steroid dienone is 4. The minimum atomic E-state index is -4.83. The van der Waals surface area contributed by atoms with E-state index in [9.17, 15) is 32.0 Å². The Morgan fingerprint density at radius 2 is 1.91 bits per heavy atom. The Morgan fingerprint density at radius 3 is 2.47 bits per heavy atom. The molecule has 0 spiro atoms. The molecule has 0 bridgehead atoms. The van der Waals surface area contributed by atoms with Gasteiger partial charge in [0.15, 0.2) is 5.60 Å². The van der Waals surface area contributed by atoms with Gasteiger partial charge in [-0.1, -0.05) is 36.5 Å². The van der Waals surface area contributed by atoms with Crippen LogP contribution in [0, 0.1) is 11.3 Å². The third-order valence-electron chi connectivity index (χ3n) is 5.66. The van der Waals surface area contributed by atoms with Gasteiger partial charge in [0.25, 0.3) is 0 Å². The number of anilines is 1. The highest BCUT2D eigenvalue weighted by molar-refractivity contribution is 7.96. The summed E-state index contributed by atoms with van der Waals surface area (Å²) >= 11 is 5.20. The Bertz CT molecular complexity index is 1090. The van der Waals surface area contributed by atoms with E-state index >= 15 is 0 Å². The number of alkyl halides is 3. The molecule has 0 radical (unpaired) electrons. The van der Waals surface area contributed by atoms with Gasteiger partial charge in [-0.15, -0.1) is 0 Å². The molecule has 32 heavy (non-hydrogen) atoms. The number of nitriles is 1. The summed E-state index contributed by atoms with van der Waals surface area (Å²) in [4.78, 5) is 2.21. The zero-order valence-electron chi connectivity index (χ0n) is 17.2. The molecule has 1 aliphatic heterocycles. The van der Waals surface area contributed by atoms with E-state index < -0.39 is 27.8 Å². The number of thiocarbonyl (C=S) groups is 1. The summed E-state index contributed by atoms with van der Waals surface area (Å²) in [6, 6.07) is 6.81. The smallest absolute Gasteiger partial charge is 0.376 e. The van der Waals surface area contributed by atoms with Crippen LogP contribution in [0.5, 0.6) is 0 Å². The first-order valence-corrected chi connectivity index (χ1v) is 11.7. The predicted octanol–water partition coefficient (Wildman–Crippen LogP) is 3.40. The first-order valence-electron chi connectivity index (χ1n) is 9.83. The van der Waals surface area contributed by atoms with Gasteiger partial charge < -0.3 is 10.0 Å². The molecule has 3 rings (SSSR count). The SMILES string of the molecule is C[C@](O)(c1ccc(N2CCN(S(=O)(=O)C3=CC=CCC3=S)C[C@@H]2CC#N)cc1)C(F)(F)F. The van der Waals surface area contributed by atoms with Crippen LogP contribution in [0.2, 0.25) is 0 Å². The maximum absolute atomic E-state index is 13.1. The van der Waals surface area contributed by atoms with Crippen LogP contribution in [0.25, 0.3) is 0 Å². The molecule has 0 unspecified atom stereocenters. The average molecular weight is 486 g/mol. The van der Waals surface area contributed by atoms with Crippen molar-refractivity contribution in [2.24, 2.45) is 0 Å². The normalized spacial score (nSPS) is 22.2. The molecule has 1 aromatic carbocycles. The minimum absolute atomic E-state index is 0.0252. The zero-order chi connectivity index (χ0) is 23.7. The molecule has 11 heteroatoms. The fourth-order valence-electron chi connectivity index (χ4n) is 3.70. The van der Waals surface area contributed by atoms with Crippen molar-refractivity contribution < 1.29 is 26.7 Å². The fraction of sp³-hybridized carbons (Fsp3) is 0.429. The van der Waals surface area contributed by atoms with Crippen molar-refractivity contribution in [3.8, 4) is 6.07 Å². The molecule has 0 amide bonds. The van der Waals surface area contributed by atoms with Crippen LogP contribution in [-0.4, -0.2) is 54.5 Å². The fourth-order valence-corrected chi connectivity index (χ4v) is 5.77. The maximum atomic E-state index is 13.1. The van der Waals surface area contributed by atoms with E-state index in [0.717, 1.165) is 0 Å². The van der Waals surface area contributed by atoms with Gasteiger partial charge in [-0.05, 0) is 30.7 Å². The van der Waals surface area contributed by atoms with Crippen molar-refractivity contribution in [3.05, 3.63) is 53.0 Å². The molecule has 0 aromatic heterocycles. The predicted molar refractivity (Wildman–Crippen MR) is 118 cm³/mol. The van der Waals surface area contributed by atoms with Gasteiger partial charge in [-0.3, -0.25) is 0 Å². The summed E-state index contributed by atoms with van der Waals surface area (Å²) in [7, 11) is -3.83. The van der Waals surface area contributed by atoms with Crippen molar-refractivity contribution >= 4 is 32.8 Å². The van der Waals surface area contributed by atoms with E-state index in [-0.39, 0.29) is 36.5 Å². The number of hydrogen-bond acceptors (Lipinski definition) is 6. The molecule has 172 valence electrons. The highest BCUT2D eigenvalue weighted by Gasteiger charge is 2.51. The monoisotopic (exact) mass is 485 g/mol. The van der Waals surface area contributed by atoms with E-state index in [0.29, 0.717) is 23.9 Å². The first kappa shape index (κ1) is 24.4. The lowest BCUT2D eigenvalue weighted by Gasteiger charge is -2.41. The topological polar surface area (TPSA) is 84.6 Å². The van der Waals surface area contributed by atoms with Crippen LogP contribution in [0.3, 0.4) is 0 Å². The third kappa shape index (κ3) is 4.59. The first-order chi connectivity index (χ1) is 14.9. The highest BCUT2D eigenvalue weighted by Crippen LogP contribution is 2.39. The van der Waals surface area contributed by atoms with Crippen molar-refractivity contribution in [3.63, 3.8) is 0 Å². The lowest BCUT2D eigenvalue weighted by atomic mass is 9.95. The molecule has 1 saturated heterocycles. The van der Waals surface area contributed by atoms with E-state index in [1.54, 1.807) is 17.1 Å². The van der Waals surface area contributed by atoms with E-state index in [1.165, 1.54) is 34.6 Å². The van der Waals surface area contributed by atoms with Crippen molar-refractivity contribution in [1.29, 1.82) is 5.26 Å². The van der Waals surface area contributed by atoms with Crippen molar-refractivity contribution in [2.45, 2.75) is 37.6 Å². The number of aliphatic hydroxyl groups is 1. The van der Waals surface area contributed by atoms with Crippen LogP contribution in [-0.2, 0) is 15.6 Å². The molecule has 2 aliphatic rings. The van der Waals surface area contributed by atoms with Crippen LogP contribution >= 0.6 is 12.2 Å². The van der Waals surface area contributed by atoms with E-state index in [1.807, 2.05) is 6.07 Å². The Labute approximate surface area is 190 Å². The van der Waals surface area contributed by atoms with Gasteiger partial charge in [0.2, 0.25) is 10.0 Å². The molecule has 1 aromatic rings. The molecular weight excluding hydrogens is 463 g/mol. The number of halogens is 3. The summed E-state index contributed by atoms with van der Waals surface area (Å²) in [5.41, 5.74) is -2.76. The second-order valence-corrected chi connectivity index (χ2v) is 10.2. The number of hydrogen-bond donors (Lipinski definition) is 1. The number of benzene rings is 1. The second-order valence-electron chi connectivity index (χ2n) is 7.78. The summed E-state index contributed by atoms with van der Waals surface area (Å²) in [6.45, 7) is 1.11. The molecule has 0 saturated carbocycles. The van der Waals surface area contributed by atoms with Gasteiger partial charge in [-0.2, -0.15) is 22.7 Å². The molecule has 6 nitrogen and oxygen atoms in total. The molecule has 1 N–H and O–H groups in total. The number of nitrogens with zero attached hydrogens (tertiary/aromatic N) is 3. The van der Waals surface area contributed by atoms with Crippen LogP contribution < -0.4 is 4.90 Å². The lowest BCUT2D eigenvalue weighted by Crippen LogP contribution is -2.55. The van der Waals surface area contributed by atoms with Gasteiger partial charge >= 0.3 is 6.18 Å². The molecule has 1 heterocycles. The standard InChI is InChI=1S/C21H22F3N3O3S2/c1-20(28,21(22,23)24)15-6-8-16(9-7-15)27-13-12-26(14-17(27)10-11-25)32(29,30)19-5-3-2-4-18(19)31/h2-3,5-9,17,28H,4,10,12-14H2,1H3/t17-,20-/m0/s1. The minimum Gasteiger partial charge on any atom is -0.376 e. The summed E-state index contributed by atoms with van der Waals surface area (Å²) in [6.07, 6.45) is 0.452. The molecule has 1 aliphatic carbocycles. The van der Waals surface area contributed by atoms with E-state index in [4.69, 9.17) is 12.2 Å². The maximum Gasteiger partial charge on any atom is 0.421 e. The third-order valence-corrected chi connectivity index (χ3v) is 8.13. The van der Waals surface area contributed by atoms with Gasteiger partial charge in [-0.25, -0.2) is 8.42 Å². The van der Waals surface area contributed by atoms with Gasteiger partial charge in [0.1, 0.15) is 0 Å². The van der Waals surface area contributed by atoms with Crippen molar-refractivity contribution in [1.82, 2.24) is 4.31 Å². The quantitative estimate of drug-likeness (QED) is 0.644. The van der Waals surface area contributed by atoms with Crippen LogP contribution in [0.4, 0.5) is 18.9 Å². The number of piperazine rings is 1. The molecule has 1 fully saturated rings. The number of rotatable bonds is 5. The highest BCUT2D eigenvalue weighted by atomic mass is 32.2. The zero-order valence-corrected chi connectivity index (χ0v) is 18.8. The Kier molecular flexibility index (Phi) is 6.81. The van der Waals surface area contributed by atoms with Gasteiger partial charge in [0, 0.05) is 36.6 Å². The second kappa shape index (κ2) is 8.94. The summed E-state index contributed by atoms with van der Waals surface area (Å²) in [5.74, 6) is 0. The summed E-state index contributed by atoms with van der Waals surface area (Å²) in [5, 5.41) is 19.1. The van der Waals surface area contributed by atoms with Gasteiger partial charge in [0.05, 0.1) is 23.4 Å². The number of sulfonamides is 1. The Morgan fingerprint density at radius 1 is 1.25 bits per heavy atom. The lowest BCUT2D eigenvalue weighted by molar-refractivity contribution is -0.258. The van der Waals surface area contributed by atoms with Crippen LogP contribution in [0.1, 0.15) is 25.3 Å². The van der Waals surface area contributed by atoms with Crippen LogP contribution in [0.15, 0.2) is 47.4 Å². The summed E-state index contributed by atoms with van der Waals surface area (Å²) < 4.78 is 66.8.